The molecule has 2 bridgehead atoms. The molecule has 0 spiro atoms. The van der Waals surface area contributed by atoms with Gasteiger partial charge in [-0.1, -0.05) is 13.8 Å². The number of likely N-dealkylation sites (tertiary alicyclic amines) is 1. The molecule has 0 amide bonds. The zero-order valence-corrected chi connectivity index (χ0v) is 20.8. The van der Waals surface area contributed by atoms with Gasteiger partial charge in [0.1, 0.15) is 11.2 Å². The van der Waals surface area contributed by atoms with Crippen LogP contribution in [0.2, 0.25) is 0 Å². The number of piperidine rings is 1. The molecule has 4 aromatic rings. The highest BCUT2D eigenvalue weighted by Gasteiger charge is 2.46. The smallest absolute Gasteiger partial charge is 0.158 e. The van der Waals surface area contributed by atoms with Crippen molar-refractivity contribution in [1.29, 1.82) is 5.26 Å². The van der Waals surface area contributed by atoms with Gasteiger partial charge in [-0.15, -0.1) is 11.3 Å². The van der Waals surface area contributed by atoms with E-state index in [-0.39, 0.29) is 0 Å². The Kier molecular flexibility index (Phi) is 4.69. The molecule has 5 heterocycles. The molecule has 1 aliphatic heterocycles. The second-order valence-electron chi connectivity index (χ2n) is 10.3. The lowest BCUT2D eigenvalue weighted by atomic mass is 9.88. The van der Waals surface area contributed by atoms with E-state index in [1.807, 2.05) is 15.9 Å². The van der Waals surface area contributed by atoms with Crippen molar-refractivity contribution in [2.75, 3.05) is 13.1 Å². The van der Waals surface area contributed by atoms with Gasteiger partial charge in [-0.05, 0) is 73.6 Å². The van der Waals surface area contributed by atoms with Crippen LogP contribution in [0.15, 0.2) is 12.5 Å². The number of rotatable bonds is 4. The number of nitrogens with one attached hydrogen (secondary N) is 1. The molecule has 1 N–H and O–H groups in total. The van der Waals surface area contributed by atoms with Crippen LogP contribution in [-0.2, 0) is 0 Å². The Hall–Kier alpha value is -2.69. The summed E-state index contributed by atoms with van der Waals surface area (Å²) in [7, 11) is 0. The normalized spacial score (nSPS) is 22.9. The number of hydrogen-bond donors (Lipinski definition) is 1. The van der Waals surface area contributed by atoms with Crippen LogP contribution in [0.25, 0.3) is 27.1 Å². The number of aromatic nitrogens is 4. The van der Waals surface area contributed by atoms with Crippen LogP contribution in [-0.4, -0.2) is 43.6 Å². The minimum atomic E-state index is 0.409. The molecule has 0 aromatic carbocycles. The van der Waals surface area contributed by atoms with Crippen LogP contribution >= 0.6 is 11.3 Å². The average Bonchev–Trinajstić information content (AvgIpc) is 3.57. The number of pyridine rings is 1. The van der Waals surface area contributed by atoms with E-state index in [4.69, 9.17) is 5.26 Å². The first-order valence-corrected chi connectivity index (χ1v) is 12.8. The van der Waals surface area contributed by atoms with Crippen molar-refractivity contribution in [2.24, 2.45) is 5.92 Å². The number of hydrogen-bond acceptors (Lipinski definition) is 5. The highest BCUT2D eigenvalue weighted by molar-refractivity contribution is 7.19. The van der Waals surface area contributed by atoms with Crippen molar-refractivity contribution in [2.45, 2.75) is 65.3 Å². The summed E-state index contributed by atoms with van der Waals surface area (Å²) in [5.41, 5.74) is 8.69. The molecule has 2 unspecified atom stereocenters. The molecule has 170 valence electrons. The van der Waals surface area contributed by atoms with Crippen molar-refractivity contribution in [3.05, 3.63) is 39.7 Å². The monoisotopic (exact) mass is 458 g/mol. The summed E-state index contributed by atoms with van der Waals surface area (Å²) < 4.78 is 1.90. The standard InChI is InChI=1S/C26H30N6S/c1-13(2)21-22-16(5)24(19-9-18-8-17(19)10-31(18)7-6-27)33-26(22)30-23(21)20-11-32-25(28-12-29-32)15(4)14(20)3/h11-13,17-19,30H,7-10H2,1-5H3/t17?,18?,19-/m1/s1. The zero-order chi connectivity index (χ0) is 23.0. The highest BCUT2D eigenvalue weighted by Crippen LogP contribution is 2.53. The van der Waals surface area contributed by atoms with Gasteiger partial charge < -0.3 is 4.98 Å². The van der Waals surface area contributed by atoms with Gasteiger partial charge in [-0.25, -0.2) is 9.50 Å². The van der Waals surface area contributed by atoms with Crippen molar-refractivity contribution in [3.63, 3.8) is 0 Å². The van der Waals surface area contributed by atoms with Crippen molar-refractivity contribution in [3.8, 4) is 17.3 Å². The lowest BCUT2D eigenvalue weighted by molar-refractivity contribution is 0.223. The molecule has 1 saturated carbocycles. The summed E-state index contributed by atoms with van der Waals surface area (Å²) in [4.78, 5) is 13.5. The summed E-state index contributed by atoms with van der Waals surface area (Å²) in [6.07, 6.45) is 6.20. The van der Waals surface area contributed by atoms with E-state index in [0.29, 0.717) is 30.3 Å². The zero-order valence-electron chi connectivity index (χ0n) is 19.9. The average molecular weight is 459 g/mol. The van der Waals surface area contributed by atoms with E-state index in [9.17, 15) is 0 Å². The largest absolute Gasteiger partial charge is 0.346 e. The van der Waals surface area contributed by atoms with Crippen LogP contribution in [0.1, 0.15) is 65.7 Å². The lowest BCUT2D eigenvalue weighted by Gasteiger charge is -2.29. The Morgan fingerprint density at radius 1 is 1.21 bits per heavy atom. The Bertz CT molecular complexity index is 1430. The first-order valence-electron chi connectivity index (χ1n) is 11.9. The number of thiophene rings is 1. The second kappa shape index (κ2) is 7.41. The summed E-state index contributed by atoms with van der Waals surface area (Å²) >= 11 is 1.96. The van der Waals surface area contributed by atoms with Gasteiger partial charge in [-0.2, -0.15) is 10.4 Å². The summed E-state index contributed by atoms with van der Waals surface area (Å²) in [5.74, 6) is 1.73. The number of fused-ring (bicyclic) bond motifs is 4. The summed E-state index contributed by atoms with van der Waals surface area (Å²) in [5, 5.41) is 15.0. The quantitative estimate of drug-likeness (QED) is 0.399. The topological polar surface area (TPSA) is 73.0 Å². The first-order chi connectivity index (χ1) is 15.9. The van der Waals surface area contributed by atoms with E-state index in [0.717, 1.165) is 12.2 Å². The molecule has 0 radical (unpaired) electrons. The predicted octanol–water partition coefficient (Wildman–Crippen LogP) is 5.69. The Balaban J connectivity index is 1.46. The van der Waals surface area contributed by atoms with E-state index in [2.05, 4.69) is 66.9 Å². The fourth-order valence-corrected chi connectivity index (χ4v) is 7.93. The minimum Gasteiger partial charge on any atom is -0.346 e. The fourth-order valence-electron chi connectivity index (χ4n) is 6.50. The Labute approximate surface area is 198 Å². The first kappa shape index (κ1) is 20.9. The molecule has 2 fully saturated rings. The van der Waals surface area contributed by atoms with E-state index in [1.54, 1.807) is 11.2 Å². The number of nitriles is 1. The molecule has 3 atom stereocenters. The van der Waals surface area contributed by atoms with Crippen molar-refractivity contribution >= 4 is 27.2 Å². The predicted molar refractivity (Wildman–Crippen MR) is 133 cm³/mol. The van der Waals surface area contributed by atoms with Gasteiger partial charge in [0.05, 0.1) is 18.3 Å². The van der Waals surface area contributed by atoms with Crippen LogP contribution < -0.4 is 0 Å². The van der Waals surface area contributed by atoms with E-state index >= 15 is 0 Å². The van der Waals surface area contributed by atoms with Crippen LogP contribution in [0.3, 0.4) is 0 Å². The summed E-state index contributed by atoms with van der Waals surface area (Å²) in [6.45, 7) is 12.9. The fraction of sp³-hybridized carbons (Fsp3) is 0.500. The molecule has 6 nitrogen and oxygen atoms in total. The SMILES string of the molecule is Cc1c(-c2[nH]c3sc([C@@H]4CC5CC4CN5CC#N)c(C)c3c2C(C)C)cn2ncnc2c1C. The van der Waals surface area contributed by atoms with Gasteiger partial charge in [0.2, 0.25) is 0 Å². The highest BCUT2D eigenvalue weighted by atomic mass is 32.1. The molecule has 4 aromatic heterocycles. The maximum absolute atomic E-state index is 9.13. The number of aromatic amines is 1. The molecule has 33 heavy (non-hydrogen) atoms. The molecular weight excluding hydrogens is 428 g/mol. The van der Waals surface area contributed by atoms with Gasteiger partial charge >= 0.3 is 0 Å². The van der Waals surface area contributed by atoms with E-state index < -0.39 is 0 Å². The van der Waals surface area contributed by atoms with Crippen molar-refractivity contribution in [1.82, 2.24) is 24.5 Å². The van der Waals surface area contributed by atoms with E-state index in [1.165, 1.54) is 56.6 Å². The third kappa shape index (κ3) is 2.93. The maximum atomic E-state index is 9.13. The van der Waals surface area contributed by atoms with Gasteiger partial charge in [0, 0.05) is 34.6 Å². The molecule has 2 aliphatic rings. The molecule has 1 aliphatic carbocycles. The molecule has 6 rings (SSSR count). The van der Waals surface area contributed by atoms with Gasteiger partial charge in [0.15, 0.2) is 5.65 Å². The van der Waals surface area contributed by atoms with Gasteiger partial charge in [0.25, 0.3) is 0 Å². The van der Waals surface area contributed by atoms with Crippen LogP contribution in [0.4, 0.5) is 0 Å². The maximum Gasteiger partial charge on any atom is 0.158 e. The minimum absolute atomic E-state index is 0.409. The number of H-pyrrole nitrogens is 1. The summed E-state index contributed by atoms with van der Waals surface area (Å²) in [6, 6.07) is 2.93. The molecule has 7 heteroatoms. The Morgan fingerprint density at radius 2 is 2.03 bits per heavy atom. The van der Waals surface area contributed by atoms with Crippen LogP contribution in [0, 0.1) is 38.0 Å². The molecular formula is C26H30N6S. The third-order valence-corrected chi connectivity index (χ3v) is 9.54. The van der Waals surface area contributed by atoms with Gasteiger partial charge in [-0.3, -0.25) is 4.90 Å². The van der Waals surface area contributed by atoms with Crippen molar-refractivity contribution < 1.29 is 0 Å². The second-order valence-corrected chi connectivity index (χ2v) is 11.3. The molecule has 1 saturated heterocycles. The number of nitrogens with zero attached hydrogens (tertiary/aromatic N) is 5. The van der Waals surface area contributed by atoms with Crippen LogP contribution in [0.5, 0.6) is 0 Å². The third-order valence-electron chi connectivity index (χ3n) is 8.20. The number of aryl methyl sites for hydroxylation is 2. The lowest BCUT2D eigenvalue weighted by Crippen LogP contribution is -2.34. The Morgan fingerprint density at radius 3 is 2.73 bits per heavy atom.